The summed E-state index contributed by atoms with van der Waals surface area (Å²) in [5.74, 6) is 0.00331. The lowest BCUT2D eigenvalue weighted by Gasteiger charge is -2.10. The van der Waals surface area contributed by atoms with Crippen LogP contribution in [0.3, 0.4) is 0 Å². The van der Waals surface area contributed by atoms with E-state index in [1.165, 1.54) is 18.0 Å². The average Bonchev–Trinajstić information content (AvgIpc) is 2.49. The van der Waals surface area contributed by atoms with E-state index in [-0.39, 0.29) is 18.1 Å². The van der Waals surface area contributed by atoms with Crippen molar-refractivity contribution in [3.05, 3.63) is 41.0 Å². The first-order valence-corrected chi connectivity index (χ1v) is 7.76. The molecule has 0 unspecified atom stereocenters. The van der Waals surface area contributed by atoms with Crippen LogP contribution in [-0.2, 0) is 4.74 Å². The molecule has 0 radical (unpaired) electrons. The van der Waals surface area contributed by atoms with Gasteiger partial charge < -0.3 is 9.47 Å². The Balaban J connectivity index is 2.39. The SMILES string of the molecule is CCOC(=O)c1cnc(SC)nc1Oc1ccccc1Cl. The molecule has 0 saturated carbocycles. The first-order valence-electron chi connectivity index (χ1n) is 6.16. The van der Waals surface area contributed by atoms with E-state index in [2.05, 4.69) is 9.97 Å². The van der Waals surface area contributed by atoms with Crippen LogP contribution in [0.4, 0.5) is 0 Å². The second kappa shape index (κ2) is 7.28. The zero-order chi connectivity index (χ0) is 15.2. The number of hydrogen-bond acceptors (Lipinski definition) is 6. The molecule has 0 aliphatic heterocycles. The molecule has 0 aliphatic rings. The van der Waals surface area contributed by atoms with Crippen molar-refractivity contribution in [2.45, 2.75) is 12.1 Å². The van der Waals surface area contributed by atoms with Gasteiger partial charge in [0.1, 0.15) is 11.3 Å². The van der Waals surface area contributed by atoms with E-state index in [1.807, 2.05) is 6.26 Å². The third-order valence-corrected chi connectivity index (χ3v) is 3.33. The van der Waals surface area contributed by atoms with Crippen molar-refractivity contribution in [1.82, 2.24) is 9.97 Å². The van der Waals surface area contributed by atoms with Gasteiger partial charge in [0.2, 0.25) is 5.88 Å². The fourth-order valence-corrected chi connectivity index (χ4v) is 2.01. The molecule has 7 heteroatoms. The maximum atomic E-state index is 11.9. The molecule has 5 nitrogen and oxygen atoms in total. The second-order valence-electron chi connectivity index (χ2n) is 3.83. The van der Waals surface area contributed by atoms with Crippen LogP contribution in [0.2, 0.25) is 5.02 Å². The molecule has 1 heterocycles. The number of aromatic nitrogens is 2. The predicted molar refractivity (Wildman–Crippen MR) is 81.3 cm³/mol. The highest BCUT2D eigenvalue weighted by atomic mass is 35.5. The Morgan fingerprint density at radius 3 is 2.81 bits per heavy atom. The zero-order valence-corrected chi connectivity index (χ0v) is 13.1. The summed E-state index contributed by atoms with van der Waals surface area (Å²) in [6.07, 6.45) is 3.22. The van der Waals surface area contributed by atoms with Gasteiger partial charge in [0.25, 0.3) is 0 Å². The normalized spacial score (nSPS) is 10.2. The average molecular weight is 325 g/mol. The summed E-state index contributed by atoms with van der Waals surface area (Å²) < 4.78 is 10.6. The zero-order valence-electron chi connectivity index (χ0n) is 11.5. The van der Waals surface area contributed by atoms with Gasteiger partial charge in [-0.2, -0.15) is 4.98 Å². The van der Waals surface area contributed by atoms with Crippen molar-refractivity contribution in [2.24, 2.45) is 0 Å². The molecule has 1 aromatic carbocycles. The number of carbonyl (C=O) groups is 1. The number of benzene rings is 1. The smallest absolute Gasteiger partial charge is 0.345 e. The summed E-state index contributed by atoms with van der Waals surface area (Å²) in [4.78, 5) is 20.2. The van der Waals surface area contributed by atoms with Crippen molar-refractivity contribution in [1.29, 1.82) is 0 Å². The van der Waals surface area contributed by atoms with E-state index in [0.717, 1.165) is 0 Å². The molecular formula is C14H13ClN2O3S. The predicted octanol–water partition coefficient (Wildman–Crippen LogP) is 3.82. The molecule has 0 bridgehead atoms. The first kappa shape index (κ1) is 15.6. The Labute approximate surface area is 131 Å². The summed E-state index contributed by atoms with van der Waals surface area (Å²) in [7, 11) is 0. The molecule has 110 valence electrons. The van der Waals surface area contributed by atoms with Crippen molar-refractivity contribution in [3.63, 3.8) is 0 Å². The number of rotatable bonds is 5. The minimum absolute atomic E-state index is 0.126. The van der Waals surface area contributed by atoms with Gasteiger partial charge in [0.05, 0.1) is 11.6 Å². The van der Waals surface area contributed by atoms with Gasteiger partial charge in [-0.25, -0.2) is 9.78 Å². The van der Waals surface area contributed by atoms with Crippen LogP contribution in [0, 0.1) is 0 Å². The molecule has 0 atom stereocenters. The second-order valence-corrected chi connectivity index (χ2v) is 5.01. The fraction of sp³-hybridized carbons (Fsp3) is 0.214. The number of para-hydroxylation sites is 1. The van der Waals surface area contributed by atoms with Crippen LogP contribution >= 0.6 is 23.4 Å². The maximum Gasteiger partial charge on any atom is 0.345 e. The van der Waals surface area contributed by atoms with E-state index in [9.17, 15) is 4.79 Å². The van der Waals surface area contributed by atoms with Gasteiger partial charge in [0.15, 0.2) is 5.16 Å². The van der Waals surface area contributed by atoms with Gasteiger partial charge >= 0.3 is 5.97 Å². The number of hydrogen-bond donors (Lipinski definition) is 0. The number of carbonyl (C=O) groups excluding carboxylic acids is 1. The Morgan fingerprint density at radius 2 is 2.14 bits per heavy atom. The van der Waals surface area contributed by atoms with Crippen molar-refractivity contribution < 1.29 is 14.3 Å². The van der Waals surface area contributed by atoms with E-state index in [4.69, 9.17) is 21.1 Å². The fourth-order valence-electron chi connectivity index (χ4n) is 1.51. The monoisotopic (exact) mass is 324 g/mol. The van der Waals surface area contributed by atoms with Gasteiger partial charge in [-0.3, -0.25) is 0 Å². The molecule has 2 rings (SSSR count). The number of thioether (sulfide) groups is 1. The summed E-state index contributed by atoms with van der Waals surface area (Å²) >= 11 is 7.40. The quantitative estimate of drug-likeness (QED) is 0.473. The Morgan fingerprint density at radius 1 is 1.38 bits per heavy atom. The van der Waals surface area contributed by atoms with Crippen molar-refractivity contribution in [3.8, 4) is 11.6 Å². The summed E-state index contributed by atoms with van der Waals surface area (Å²) in [5.41, 5.74) is 0.162. The number of halogens is 1. The minimum Gasteiger partial charge on any atom is -0.462 e. The highest BCUT2D eigenvalue weighted by Gasteiger charge is 2.18. The van der Waals surface area contributed by atoms with E-state index >= 15 is 0 Å². The first-order chi connectivity index (χ1) is 10.2. The van der Waals surface area contributed by atoms with Crippen LogP contribution in [0.1, 0.15) is 17.3 Å². The highest BCUT2D eigenvalue weighted by Crippen LogP contribution is 2.30. The largest absolute Gasteiger partial charge is 0.462 e. The third kappa shape index (κ3) is 3.86. The molecule has 21 heavy (non-hydrogen) atoms. The minimum atomic E-state index is -0.535. The van der Waals surface area contributed by atoms with Crippen molar-refractivity contribution in [2.75, 3.05) is 12.9 Å². The van der Waals surface area contributed by atoms with Gasteiger partial charge in [-0.15, -0.1) is 0 Å². The van der Waals surface area contributed by atoms with Gasteiger partial charge in [-0.1, -0.05) is 35.5 Å². The van der Waals surface area contributed by atoms with Crippen LogP contribution in [0.5, 0.6) is 11.6 Å². The standard InChI is InChI=1S/C14H13ClN2O3S/c1-3-19-13(18)9-8-16-14(21-2)17-12(9)20-11-7-5-4-6-10(11)15/h4-8H,3H2,1-2H3. The molecule has 0 spiro atoms. The molecule has 0 aliphatic carbocycles. The molecular weight excluding hydrogens is 312 g/mol. The van der Waals surface area contributed by atoms with E-state index < -0.39 is 5.97 Å². The Hall–Kier alpha value is -1.79. The molecule has 1 aromatic heterocycles. The maximum absolute atomic E-state index is 11.9. The molecule has 2 aromatic rings. The Bertz CT molecular complexity index is 652. The van der Waals surface area contributed by atoms with E-state index in [1.54, 1.807) is 31.2 Å². The number of esters is 1. The molecule has 0 fully saturated rings. The number of ether oxygens (including phenoxy) is 2. The van der Waals surface area contributed by atoms with Crippen LogP contribution in [0.25, 0.3) is 0 Å². The number of nitrogens with zero attached hydrogens (tertiary/aromatic N) is 2. The lowest BCUT2D eigenvalue weighted by molar-refractivity contribution is 0.0522. The van der Waals surface area contributed by atoms with Crippen molar-refractivity contribution >= 4 is 29.3 Å². The van der Waals surface area contributed by atoms with Crippen LogP contribution in [0.15, 0.2) is 35.6 Å². The summed E-state index contributed by atoms with van der Waals surface area (Å²) in [6, 6.07) is 6.95. The van der Waals surface area contributed by atoms with E-state index in [0.29, 0.717) is 15.9 Å². The Kier molecular flexibility index (Phi) is 5.41. The molecule has 0 amide bonds. The molecule has 0 N–H and O–H groups in total. The molecule has 0 saturated heterocycles. The topological polar surface area (TPSA) is 61.3 Å². The van der Waals surface area contributed by atoms with Crippen LogP contribution < -0.4 is 4.74 Å². The van der Waals surface area contributed by atoms with Gasteiger partial charge in [-0.05, 0) is 25.3 Å². The third-order valence-electron chi connectivity index (χ3n) is 2.45. The lowest BCUT2D eigenvalue weighted by Crippen LogP contribution is -2.09. The lowest BCUT2D eigenvalue weighted by atomic mass is 10.3. The summed E-state index contributed by atoms with van der Waals surface area (Å²) in [5, 5.41) is 0.918. The highest BCUT2D eigenvalue weighted by molar-refractivity contribution is 7.98. The van der Waals surface area contributed by atoms with Gasteiger partial charge in [0, 0.05) is 6.20 Å². The summed E-state index contributed by atoms with van der Waals surface area (Å²) in [6.45, 7) is 1.98. The van der Waals surface area contributed by atoms with Crippen LogP contribution in [-0.4, -0.2) is 28.8 Å².